The zero-order valence-corrected chi connectivity index (χ0v) is 8.46. The Morgan fingerprint density at radius 1 is 1.38 bits per heavy atom. The van der Waals surface area contributed by atoms with Gasteiger partial charge in [0.05, 0.1) is 0 Å². The predicted octanol–water partition coefficient (Wildman–Crippen LogP) is 2.20. The van der Waals surface area contributed by atoms with E-state index in [0.29, 0.717) is 11.8 Å². The Hall–Kier alpha value is -1.02. The Morgan fingerprint density at radius 3 is 2.62 bits per heavy atom. The molecule has 2 N–H and O–H groups in total. The number of benzene rings is 1. The monoisotopic (exact) mass is 179 g/mol. The largest absolute Gasteiger partial charge is 0.508 e. The normalized spacial score (nSPS) is 10.8. The van der Waals surface area contributed by atoms with Gasteiger partial charge in [-0.15, -0.1) is 0 Å². The van der Waals surface area contributed by atoms with Crippen LogP contribution in [0.15, 0.2) is 18.2 Å². The lowest BCUT2D eigenvalue weighted by atomic mass is 10.1. The topological polar surface area (TPSA) is 32.3 Å². The van der Waals surface area contributed by atoms with Crippen molar-refractivity contribution in [2.24, 2.45) is 0 Å². The lowest BCUT2D eigenvalue weighted by Gasteiger charge is -2.10. The van der Waals surface area contributed by atoms with Crippen molar-refractivity contribution in [2.75, 3.05) is 0 Å². The van der Waals surface area contributed by atoms with Gasteiger partial charge in [-0.3, -0.25) is 0 Å². The fraction of sp³-hybridized carbons (Fsp3) is 0.455. The molecule has 1 aromatic carbocycles. The SMILES string of the molecule is Cc1cc(O)ccc1CNC(C)C. The number of phenolic OH excluding ortho intramolecular Hbond substituents is 1. The molecule has 0 radical (unpaired) electrons. The van der Waals surface area contributed by atoms with Crippen molar-refractivity contribution >= 4 is 0 Å². The average molecular weight is 179 g/mol. The van der Waals surface area contributed by atoms with Crippen molar-refractivity contribution in [1.29, 1.82) is 0 Å². The van der Waals surface area contributed by atoms with Crippen molar-refractivity contribution in [3.63, 3.8) is 0 Å². The third-order valence-electron chi connectivity index (χ3n) is 2.03. The van der Waals surface area contributed by atoms with Crippen molar-refractivity contribution in [2.45, 2.75) is 33.4 Å². The molecule has 1 rings (SSSR count). The molecule has 0 unspecified atom stereocenters. The van der Waals surface area contributed by atoms with Crippen LogP contribution >= 0.6 is 0 Å². The van der Waals surface area contributed by atoms with Gasteiger partial charge in [-0.25, -0.2) is 0 Å². The quantitative estimate of drug-likeness (QED) is 0.745. The number of phenols is 1. The molecule has 72 valence electrons. The van der Waals surface area contributed by atoms with E-state index in [0.717, 1.165) is 12.1 Å². The highest BCUT2D eigenvalue weighted by molar-refractivity contribution is 5.33. The van der Waals surface area contributed by atoms with E-state index >= 15 is 0 Å². The van der Waals surface area contributed by atoms with Gasteiger partial charge in [0.25, 0.3) is 0 Å². The molecule has 2 heteroatoms. The molecule has 0 aliphatic carbocycles. The number of nitrogens with one attached hydrogen (secondary N) is 1. The maximum Gasteiger partial charge on any atom is 0.115 e. The third kappa shape index (κ3) is 3.07. The first-order chi connectivity index (χ1) is 6.09. The molecule has 0 aliphatic rings. The van der Waals surface area contributed by atoms with Gasteiger partial charge in [0.15, 0.2) is 0 Å². The number of hydrogen-bond donors (Lipinski definition) is 2. The van der Waals surface area contributed by atoms with Crippen LogP contribution in [0.25, 0.3) is 0 Å². The van der Waals surface area contributed by atoms with Crippen LogP contribution in [0.4, 0.5) is 0 Å². The molecule has 0 heterocycles. The number of rotatable bonds is 3. The molecule has 13 heavy (non-hydrogen) atoms. The molecule has 0 atom stereocenters. The van der Waals surface area contributed by atoms with Crippen LogP contribution in [0.5, 0.6) is 5.75 Å². The fourth-order valence-electron chi connectivity index (χ4n) is 1.19. The predicted molar refractivity (Wildman–Crippen MR) is 54.8 cm³/mol. The Bertz CT molecular complexity index is 281. The average Bonchev–Trinajstić information content (AvgIpc) is 2.02. The minimum absolute atomic E-state index is 0.339. The molecule has 0 aromatic heterocycles. The summed E-state index contributed by atoms with van der Waals surface area (Å²) in [5.41, 5.74) is 2.37. The smallest absolute Gasteiger partial charge is 0.115 e. The van der Waals surface area contributed by atoms with Crippen LogP contribution in [0, 0.1) is 6.92 Å². The summed E-state index contributed by atoms with van der Waals surface area (Å²) in [6.07, 6.45) is 0. The number of hydrogen-bond acceptors (Lipinski definition) is 2. The Balaban J connectivity index is 2.67. The molecule has 0 aliphatic heterocycles. The van der Waals surface area contributed by atoms with Crippen LogP contribution in [-0.4, -0.2) is 11.1 Å². The molecule has 1 aromatic rings. The zero-order valence-electron chi connectivity index (χ0n) is 8.46. The maximum absolute atomic E-state index is 9.19. The minimum Gasteiger partial charge on any atom is -0.508 e. The summed E-state index contributed by atoms with van der Waals surface area (Å²) < 4.78 is 0. The second-order valence-corrected chi connectivity index (χ2v) is 3.65. The fourth-order valence-corrected chi connectivity index (χ4v) is 1.19. The van der Waals surface area contributed by atoms with E-state index in [1.807, 2.05) is 13.0 Å². The van der Waals surface area contributed by atoms with E-state index in [1.54, 1.807) is 12.1 Å². The lowest BCUT2D eigenvalue weighted by molar-refractivity contribution is 0.474. The van der Waals surface area contributed by atoms with Crippen molar-refractivity contribution in [3.05, 3.63) is 29.3 Å². The van der Waals surface area contributed by atoms with E-state index in [2.05, 4.69) is 19.2 Å². The highest BCUT2D eigenvalue weighted by Crippen LogP contribution is 2.15. The second-order valence-electron chi connectivity index (χ2n) is 3.65. The van der Waals surface area contributed by atoms with Gasteiger partial charge >= 0.3 is 0 Å². The molecule has 0 saturated heterocycles. The van der Waals surface area contributed by atoms with Crippen LogP contribution in [0.2, 0.25) is 0 Å². The summed E-state index contributed by atoms with van der Waals surface area (Å²) in [6.45, 7) is 7.12. The van der Waals surface area contributed by atoms with Gasteiger partial charge in [-0.1, -0.05) is 19.9 Å². The Morgan fingerprint density at radius 2 is 2.08 bits per heavy atom. The van der Waals surface area contributed by atoms with Crippen LogP contribution in [0.1, 0.15) is 25.0 Å². The maximum atomic E-state index is 9.19. The number of aromatic hydroxyl groups is 1. The summed E-state index contributed by atoms with van der Waals surface area (Å²) in [5.74, 6) is 0.339. The lowest BCUT2D eigenvalue weighted by Crippen LogP contribution is -2.22. The first-order valence-electron chi connectivity index (χ1n) is 4.61. The Labute approximate surface area is 79.6 Å². The van der Waals surface area contributed by atoms with Crippen molar-refractivity contribution in [3.8, 4) is 5.75 Å². The molecule has 2 nitrogen and oxygen atoms in total. The van der Waals surface area contributed by atoms with E-state index in [9.17, 15) is 5.11 Å². The van der Waals surface area contributed by atoms with Gasteiger partial charge < -0.3 is 10.4 Å². The number of aryl methyl sites for hydroxylation is 1. The van der Waals surface area contributed by atoms with E-state index in [-0.39, 0.29) is 0 Å². The Kier molecular flexibility index (Phi) is 3.32. The first-order valence-corrected chi connectivity index (χ1v) is 4.61. The van der Waals surface area contributed by atoms with E-state index in [1.165, 1.54) is 5.56 Å². The molecular formula is C11H17NO. The van der Waals surface area contributed by atoms with Crippen molar-refractivity contribution < 1.29 is 5.11 Å². The molecule has 0 saturated carbocycles. The van der Waals surface area contributed by atoms with E-state index in [4.69, 9.17) is 0 Å². The highest BCUT2D eigenvalue weighted by atomic mass is 16.3. The zero-order chi connectivity index (χ0) is 9.84. The highest BCUT2D eigenvalue weighted by Gasteiger charge is 1.99. The summed E-state index contributed by atoms with van der Waals surface area (Å²) in [6, 6.07) is 5.97. The van der Waals surface area contributed by atoms with E-state index < -0.39 is 0 Å². The van der Waals surface area contributed by atoms with Gasteiger partial charge in [-0.05, 0) is 30.2 Å². The summed E-state index contributed by atoms with van der Waals surface area (Å²) in [4.78, 5) is 0. The standard InChI is InChI=1S/C11H17NO/c1-8(2)12-7-10-4-5-11(13)6-9(10)3/h4-6,8,12-13H,7H2,1-3H3. The molecule has 0 bridgehead atoms. The van der Waals surface area contributed by atoms with Gasteiger partial charge in [0, 0.05) is 12.6 Å². The third-order valence-corrected chi connectivity index (χ3v) is 2.03. The van der Waals surface area contributed by atoms with Crippen LogP contribution < -0.4 is 5.32 Å². The van der Waals surface area contributed by atoms with Gasteiger partial charge in [0.2, 0.25) is 0 Å². The summed E-state index contributed by atoms with van der Waals surface area (Å²) in [7, 11) is 0. The molecule has 0 spiro atoms. The van der Waals surface area contributed by atoms with Gasteiger partial charge in [0.1, 0.15) is 5.75 Å². The first kappa shape index (κ1) is 10.1. The van der Waals surface area contributed by atoms with Gasteiger partial charge in [-0.2, -0.15) is 0 Å². The molecule has 0 fully saturated rings. The molecular weight excluding hydrogens is 162 g/mol. The summed E-state index contributed by atoms with van der Waals surface area (Å²) in [5, 5.41) is 12.5. The molecule has 0 amide bonds. The van der Waals surface area contributed by atoms with Crippen molar-refractivity contribution in [1.82, 2.24) is 5.32 Å². The summed E-state index contributed by atoms with van der Waals surface area (Å²) >= 11 is 0. The second kappa shape index (κ2) is 4.28. The van der Waals surface area contributed by atoms with Crippen LogP contribution in [0.3, 0.4) is 0 Å². The minimum atomic E-state index is 0.339. The van der Waals surface area contributed by atoms with Crippen LogP contribution in [-0.2, 0) is 6.54 Å².